The minimum atomic E-state index is 0.121. The SMILES string of the molecule is COc1ccc(C(NC(=O)CCNC(C)C)C2CC2)cc1. The molecule has 1 unspecified atom stereocenters. The monoisotopic (exact) mass is 290 g/mol. The maximum absolute atomic E-state index is 12.1. The van der Waals surface area contributed by atoms with Gasteiger partial charge in [-0.1, -0.05) is 26.0 Å². The Morgan fingerprint density at radius 3 is 2.48 bits per heavy atom. The van der Waals surface area contributed by atoms with E-state index in [4.69, 9.17) is 4.74 Å². The predicted octanol–water partition coefficient (Wildman–Crippen LogP) is 2.65. The average Bonchev–Trinajstić information content (AvgIpc) is 3.29. The third-order valence-corrected chi connectivity index (χ3v) is 3.79. The Bertz CT molecular complexity index is 452. The molecule has 0 radical (unpaired) electrons. The first-order valence-electron chi connectivity index (χ1n) is 7.77. The third-order valence-electron chi connectivity index (χ3n) is 3.79. The molecule has 0 aromatic heterocycles. The topological polar surface area (TPSA) is 50.4 Å². The summed E-state index contributed by atoms with van der Waals surface area (Å²) in [4.78, 5) is 12.1. The summed E-state index contributed by atoms with van der Waals surface area (Å²) in [6.45, 7) is 4.90. The Morgan fingerprint density at radius 2 is 1.95 bits per heavy atom. The van der Waals surface area contributed by atoms with Crippen LogP contribution in [0.1, 0.15) is 44.7 Å². The quantitative estimate of drug-likeness (QED) is 0.774. The van der Waals surface area contributed by atoms with Crippen LogP contribution in [-0.2, 0) is 4.79 Å². The molecule has 116 valence electrons. The summed E-state index contributed by atoms with van der Waals surface area (Å²) in [7, 11) is 1.66. The van der Waals surface area contributed by atoms with Crippen molar-refractivity contribution in [2.75, 3.05) is 13.7 Å². The van der Waals surface area contributed by atoms with Crippen LogP contribution in [0.2, 0.25) is 0 Å². The van der Waals surface area contributed by atoms with Crippen LogP contribution >= 0.6 is 0 Å². The molecule has 1 aromatic rings. The molecule has 0 saturated heterocycles. The molecule has 0 bridgehead atoms. The molecule has 1 aliphatic rings. The number of rotatable bonds is 8. The number of ether oxygens (including phenoxy) is 1. The van der Waals surface area contributed by atoms with Crippen LogP contribution < -0.4 is 15.4 Å². The van der Waals surface area contributed by atoms with Crippen molar-refractivity contribution in [2.45, 2.75) is 45.2 Å². The molecule has 0 heterocycles. The van der Waals surface area contributed by atoms with Crippen molar-refractivity contribution in [3.8, 4) is 5.75 Å². The first-order chi connectivity index (χ1) is 10.1. The smallest absolute Gasteiger partial charge is 0.221 e. The summed E-state index contributed by atoms with van der Waals surface area (Å²) in [5.41, 5.74) is 1.17. The van der Waals surface area contributed by atoms with E-state index < -0.39 is 0 Å². The Labute approximate surface area is 127 Å². The van der Waals surface area contributed by atoms with Gasteiger partial charge in [0.25, 0.3) is 0 Å². The zero-order valence-electron chi connectivity index (χ0n) is 13.2. The fourth-order valence-corrected chi connectivity index (χ4v) is 2.43. The van der Waals surface area contributed by atoms with E-state index >= 15 is 0 Å². The van der Waals surface area contributed by atoms with Crippen molar-refractivity contribution in [3.05, 3.63) is 29.8 Å². The number of methoxy groups -OCH3 is 1. The van der Waals surface area contributed by atoms with Gasteiger partial charge >= 0.3 is 0 Å². The van der Waals surface area contributed by atoms with Crippen molar-refractivity contribution in [3.63, 3.8) is 0 Å². The highest BCUT2D eigenvalue weighted by atomic mass is 16.5. The van der Waals surface area contributed by atoms with Crippen molar-refractivity contribution in [1.82, 2.24) is 10.6 Å². The largest absolute Gasteiger partial charge is 0.497 e. The molecule has 1 atom stereocenters. The molecule has 1 saturated carbocycles. The highest BCUT2D eigenvalue weighted by Gasteiger charge is 2.33. The van der Waals surface area contributed by atoms with Crippen molar-refractivity contribution in [1.29, 1.82) is 0 Å². The lowest BCUT2D eigenvalue weighted by Crippen LogP contribution is -2.33. The zero-order chi connectivity index (χ0) is 15.2. The molecule has 1 fully saturated rings. The lowest BCUT2D eigenvalue weighted by molar-refractivity contribution is -0.121. The number of carbonyl (C=O) groups is 1. The summed E-state index contributed by atoms with van der Waals surface area (Å²) in [6, 6.07) is 8.57. The Hall–Kier alpha value is -1.55. The molecule has 1 aliphatic carbocycles. The minimum Gasteiger partial charge on any atom is -0.497 e. The van der Waals surface area contributed by atoms with Gasteiger partial charge in [-0.2, -0.15) is 0 Å². The fourth-order valence-electron chi connectivity index (χ4n) is 2.43. The summed E-state index contributed by atoms with van der Waals surface area (Å²) in [5.74, 6) is 1.55. The molecule has 2 N–H and O–H groups in total. The maximum Gasteiger partial charge on any atom is 0.221 e. The highest BCUT2D eigenvalue weighted by molar-refractivity contribution is 5.76. The number of benzene rings is 1. The summed E-state index contributed by atoms with van der Waals surface area (Å²) in [5, 5.41) is 6.46. The van der Waals surface area contributed by atoms with E-state index in [9.17, 15) is 4.79 Å². The second kappa shape index (κ2) is 7.46. The minimum absolute atomic E-state index is 0.121. The third kappa shape index (κ3) is 5.05. The predicted molar refractivity (Wildman–Crippen MR) is 84.4 cm³/mol. The Kier molecular flexibility index (Phi) is 5.62. The van der Waals surface area contributed by atoms with Crippen LogP contribution in [0.15, 0.2) is 24.3 Å². The molecular formula is C17H26N2O2. The fraction of sp³-hybridized carbons (Fsp3) is 0.588. The molecule has 1 amide bonds. The van der Waals surface area contributed by atoms with Gasteiger partial charge in [0.05, 0.1) is 13.2 Å². The van der Waals surface area contributed by atoms with Crippen LogP contribution in [-0.4, -0.2) is 25.6 Å². The summed E-state index contributed by atoms with van der Waals surface area (Å²) in [6.07, 6.45) is 2.92. The molecule has 1 aromatic carbocycles. The van der Waals surface area contributed by atoms with Crippen LogP contribution in [0, 0.1) is 5.92 Å². The average molecular weight is 290 g/mol. The van der Waals surface area contributed by atoms with Gasteiger partial charge in [-0.25, -0.2) is 0 Å². The van der Waals surface area contributed by atoms with Crippen molar-refractivity contribution in [2.24, 2.45) is 5.92 Å². The van der Waals surface area contributed by atoms with E-state index in [1.165, 1.54) is 18.4 Å². The Balaban J connectivity index is 1.91. The van der Waals surface area contributed by atoms with Crippen LogP contribution in [0.5, 0.6) is 5.75 Å². The van der Waals surface area contributed by atoms with Gasteiger partial charge < -0.3 is 15.4 Å². The molecule has 4 nitrogen and oxygen atoms in total. The molecule has 0 spiro atoms. The van der Waals surface area contributed by atoms with E-state index in [0.29, 0.717) is 18.4 Å². The second-order valence-corrected chi connectivity index (χ2v) is 6.01. The van der Waals surface area contributed by atoms with Crippen molar-refractivity contribution >= 4 is 5.91 Å². The second-order valence-electron chi connectivity index (χ2n) is 6.01. The van der Waals surface area contributed by atoms with Gasteiger partial charge in [-0.15, -0.1) is 0 Å². The van der Waals surface area contributed by atoms with Gasteiger partial charge in [0, 0.05) is 19.0 Å². The van der Waals surface area contributed by atoms with Crippen LogP contribution in [0.4, 0.5) is 0 Å². The van der Waals surface area contributed by atoms with Crippen LogP contribution in [0.25, 0.3) is 0 Å². The van der Waals surface area contributed by atoms with E-state index in [1.54, 1.807) is 7.11 Å². The highest BCUT2D eigenvalue weighted by Crippen LogP contribution is 2.41. The van der Waals surface area contributed by atoms with Crippen molar-refractivity contribution < 1.29 is 9.53 Å². The van der Waals surface area contributed by atoms with Gasteiger partial charge in [0.1, 0.15) is 5.75 Å². The lowest BCUT2D eigenvalue weighted by atomic mass is 10.0. The molecule has 2 rings (SSSR count). The van der Waals surface area contributed by atoms with Gasteiger partial charge in [-0.05, 0) is 36.5 Å². The zero-order valence-corrected chi connectivity index (χ0v) is 13.2. The van der Waals surface area contributed by atoms with Gasteiger partial charge in [0.2, 0.25) is 5.91 Å². The van der Waals surface area contributed by atoms with E-state index in [2.05, 4.69) is 36.6 Å². The number of hydrogen-bond acceptors (Lipinski definition) is 3. The molecule has 21 heavy (non-hydrogen) atoms. The van der Waals surface area contributed by atoms with E-state index in [-0.39, 0.29) is 11.9 Å². The van der Waals surface area contributed by atoms with Gasteiger partial charge in [0.15, 0.2) is 0 Å². The Morgan fingerprint density at radius 1 is 1.29 bits per heavy atom. The summed E-state index contributed by atoms with van der Waals surface area (Å²) < 4.78 is 5.19. The normalized spacial score (nSPS) is 15.8. The number of hydrogen-bond donors (Lipinski definition) is 2. The molecule has 0 aliphatic heterocycles. The lowest BCUT2D eigenvalue weighted by Gasteiger charge is -2.19. The van der Waals surface area contributed by atoms with E-state index in [0.717, 1.165) is 12.3 Å². The first-order valence-corrected chi connectivity index (χ1v) is 7.77. The molecular weight excluding hydrogens is 264 g/mol. The number of amides is 1. The van der Waals surface area contributed by atoms with Crippen LogP contribution in [0.3, 0.4) is 0 Å². The number of carbonyl (C=O) groups excluding carboxylic acids is 1. The first kappa shape index (κ1) is 15.8. The van der Waals surface area contributed by atoms with Gasteiger partial charge in [-0.3, -0.25) is 4.79 Å². The standard InChI is InChI=1S/C17H26N2O2/c1-12(2)18-11-10-16(20)19-17(13-4-5-13)14-6-8-15(21-3)9-7-14/h6-9,12-13,17-18H,4-5,10-11H2,1-3H3,(H,19,20). The maximum atomic E-state index is 12.1. The number of nitrogens with one attached hydrogen (secondary N) is 2. The summed E-state index contributed by atoms with van der Waals surface area (Å²) >= 11 is 0. The van der Waals surface area contributed by atoms with E-state index in [1.807, 2.05) is 12.1 Å². The molecule has 4 heteroatoms.